The lowest BCUT2D eigenvalue weighted by Gasteiger charge is -2.23. The zero-order valence-corrected chi connectivity index (χ0v) is 22.8. The van der Waals surface area contributed by atoms with Gasteiger partial charge in [-0.3, -0.25) is 4.55 Å². The van der Waals surface area contributed by atoms with E-state index in [4.69, 9.17) is 14.0 Å². The molecule has 3 aromatic carbocycles. The molecule has 3 N–H and O–H groups in total. The van der Waals surface area contributed by atoms with Crippen LogP contribution in [-0.2, 0) is 10.1 Å². The summed E-state index contributed by atoms with van der Waals surface area (Å²) in [4.78, 5) is 25.3. The highest BCUT2D eigenvalue weighted by atomic mass is 32.2. The minimum Gasteiger partial charge on any atom is -0.419 e. The maximum atomic E-state index is 12.7. The molecule has 3 rings (SSSR count). The van der Waals surface area contributed by atoms with Crippen LogP contribution in [0.5, 0.6) is 11.5 Å². The summed E-state index contributed by atoms with van der Waals surface area (Å²) in [6.45, 7) is 8.23. The Morgan fingerprint density at radius 3 is 1.89 bits per heavy atom. The number of aryl methyl sites for hydroxylation is 1. The summed E-state index contributed by atoms with van der Waals surface area (Å²) in [5, 5.41) is 13.9. The molecule has 0 unspecified atom stereocenters. The smallest absolute Gasteiger partial charge is 0.343 e. The zero-order valence-electron chi connectivity index (χ0n) is 22.0. The fourth-order valence-corrected chi connectivity index (χ4v) is 3.00. The summed E-state index contributed by atoms with van der Waals surface area (Å²) >= 11 is 0. The number of benzene rings is 3. The molecule has 0 radical (unpaired) electrons. The van der Waals surface area contributed by atoms with Crippen molar-refractivity contribution >= 4 is 22.1 Å². The van der Waals surface area contributed by atoms with Gasteiger partial charge in [-0.15, -0.1) is 0 Å². The Labute approximate surface area is 223 Å². The summed E-state index contributed by atoms with van der Waals surface area (Å²) in [5.41, 5.74) is 2.10. The molecule has 0 saturated carbocycles. The van der Waals surface area contributed by atoms with E-state index in [-0.39, 0.29) is 17.0 Å². The van der Waals surface area contributed by atoms with Crippen molar-refractivity contribution in [1.82, 2.24) is 5.32 Å². The molecule has 38 heavy (non-hydrogen) atoms. The largest absolute Gasteiger partial charge is 0.419 e. The number of carbonyl (C=O) groups excluding carboxylic acids is 2. The average Bonchev–Trinajstić information content (AvgIpc) is 2.83. The van der Waals surface area contributed by atoms with Crippen molar-refractivity contribution in [2.75, 3.05) is 12.8 Å². The lowest BCUT2D eigenvalue weighted by atomic mass is 10.1. The van der Waals surface area contributed by atoms with Crippen molar-refractivity contribution < 1.29 is 37.1 Å². The van der Waals surface area contributed by atoms with Crippen molar-refractivity contribution in [2.45, 2.75) is 39.3 Å². The van der Waals surface area contributed by atoms with Crippen LogP contribution in [0.1, 0.15) is 58.7 Å². The van der Waals surface area contributed by atoms with Gasteiger partial charge in [0.15, 0.2) is 11.5 Å². The Kier molecular flexibility index (Phi) is 10.7. The van der Waals surface area contributed by atoms with Gasteiger partial charge in [0.25, 0.3) is 10.1 Å². The Morgan fingerprint density at radius 2 is 1.37 bits per heavy atom. The second-order valence-corrected chi connectivity index (χ2v) is 11.1. The summed E-state index contributed by atoms with van der Waals surface area (Å²) < 4.78 is 37.0. The highest BCUT2D eigenvalue weighted by Crippen LogP contribution is 2.32. The van der Waals surface area contributed by atoms with Gasteiger partial charge in [-0.2, -0.15) is 8.42 Å². The maximum absolute atomic E-state index is 12.7. The molecule has 0 aromatic heterocycles. The molecule has 0 bridgehead atoms. The second kappa shape index (κ2) is 13.3. The van der Waals surface area contributed by atoms with Crippen LogP contribution >= 0.6 is 0 Å². The standard InChI is InChI=1S/C27H29NO5.CH4O3S/c1-18-10-12-20(13-11-18)26(31)32-23-15-14-21(22(29)17-28-27(2,3)4)16-24(23)33-25(30)19-8-6-5-7-9-19;1-5(2,3)4/h5-16,22,28-29H,17H2,1-4H3;1H3,(H,2,3,4)/t22-;/m0./s1. The van der Waals surface area contributed by atoms with Gasteiger partial charge in [-0.25, -0.2) is 9.59 Å². The number of hydrogen-bond acceptors (Lipinski definition) is 8. The van der Waals surface area contributed by atoms with E-state index in [2.05, 4.69) is 5.32 Å². The highest BCUT2D eigenvalue weighted by molar-refractivity contribution is 7.85. The average molecular weight is 544 g/mol. The van der Waals surface area contributed by atoms with Gasteiger partial charge in [0.1, 0.15) is 0 Å². The lowest BCUT2D eigenvalue weighted by Crippen LogP contribution is -2.38. The van der Waals surface area contributed by atoms with E-state index in [1.807, 2.05) is 39.8 Å². The molecule has 0 saturated heterocycles. The first kappa shape index (κ1) is 30.7. The van der Waals surface area contributed by atoms with E-state index in [0.29, 0.717) is 29.5 Å². The Balaban J connectivity index is 0.000000926. The first-order valence-electron chi connectivity index (χ1n) is 11.7. The number of rotatable bonds is 7. The van der Waals surface area contributed by atoms with E-state index in [0.717, 1.165) is 5.56 Å². The van der Waals surface area contributed by atoms with Crippen molar-refractivity contribution in [1.29, 1.82) is 0 Å². The van der Waals surface area contributed by atoms with Crippen LogP contribution in [0.4, 0.5) is 0 Å². The Hall–Kier alpha value is -3.57. The van der Waals surface area contributed by atoms with Crippen LogP contribution < -0.4 is 14.8 Å². The maximum Gasteiger partial charge on any atom is 0.343 e. The summed E-state index contributed by atoms with van der Waals surface area (Å²) in [7, 11) is -3.67. The molecule has 204 valence electrons. The van der Waals surface area contributed by atoms with Crippen LogP contribution in [-0.4, -0.2) is 48.4 Å². The van der Waals surface area contributed by atoms with Gasteiger partial charge in [-0.1, -0.05) is 42.0 Å². The number of β-amino-alcohol motifs (C(OH)–C–C–N with tert-alkyl or cyclic N) is 1. The van der Waals surface area contributed by atoms with Crippen LogP contribution in [0.3, 0.4) is 0 Å². The fraction of sp³-hybridized carbons (Fsp3) is 0.286. The number of esters is 2. The predicted octanol–water partition coefficient (Wildman–Crippen LogP) is 4.36. The Morgan fingerprint density at radius 1 is 0.868 bits per heavy atom. The number of nitrogens with one attached hydrogen (secondary N) is 1. The highest BCUT2D eigenvalue weighted by Gasteiger charge is 2.20. The molecule has 3 aromatic rings. The molecule has 0 aliphatic rings. The van der Waals surface area contributed by atoms with E-state index in [1.54, 1.807) is 48.5 Å². The number of aliphatic hydroxyl groups is 1. The van der Waals surface area contributed by atoms with Gasteiger partial charge < -0.3 is 19.9 Å². The molecule has 0 aliphatic heterocycles. The number of ether oxygens (including phenoxy) is 2. The summed E-state index contributed by atoms with van der Waals surface area (Å²) in [5.74, 6) is -1.03. The van der Waals surface area contributed by atoms with Gasteiger partial charge in [0.2, 0.25) is 0 Å². The van der Waals surface area contributed by atoms with E-state index in [1.165, 1.54) is 12.1 Å². The first-order chi connectivity index (χ1) is 17.6. The summed E-state index contributed by atoms with van der Waals surface area (Å²) in [6.07, 6.45) is -0.132. The summed E-state index contributed by atoms with van der Waals surface area (Å²) in [6, 6.07) is 20.2. The van der Waals surface area contributed by atoms with E-state index < -0.39 is 28.2 Å². The molecule has 0 spiro atoms. The van der Waals surface area contributed by atoms with Crippen LogP contribution in [0.2, 0.25) is 0 Å². The van der Waals surface area contributed by atoms with Gasteiger partial charge >= 0.3 is 11.9 Å². The number of hydrogen-bond donors (Lipinski definition) is 3. The second-order valence-electron chi connectivity index (χ2n) is 9.60. The molecule has 0 heterocycles. The minimum absolute atomic E-state index is 0.0524. The third-order valence-electron chi connectivity index (χ3n) is 4.88. The van der Waals surface area contributed by atoms with Crippen molar-refractivity contribution in [3.05, 3.63) is 95.1 Å². The molecular weight excluding hydrogens is 510 g/mol. The van der Waals surface area contributed by atoms with Gasteiger partial charge in [0, 0.05) is 12.1 Å². The van der Waals surface area contributed by atoms with Crippen LogP contribution in [0, 0.1) is 6.92 Å². The number of aliphatic hydroxyl groups excluding tert-OH is 1. The predicted molar refractivity (Wildman–Crippen MR) is 144 cm³/mol. The van der Waals surface area contributed by atoms with Crippen molar-refractivity contribution in [3.8, 4) is 11.5 Å². The normalized spacial score (nSPS) is 12.1. The third kappa shape index (κ3) is 11.2. The Bertz CT molecular complexity index is 1320. The van der Waals surface area contributed by atoms with E-state index in [9.17, 15) is 23.1 Å². The molecule has 9 nitrogen and oxygen atoms in total. The van der Waals surface area contributed by atoms with Crippen molar-refractivity contribution in [2.24, 2.45) is 0 Å². The van der Waals surface area contributed by atoms with Gasteiger partial charge in [0.05, 0.1) is 23.5 Å². The lowest BCUT2D eigenvalue weighted by molar-refractivity contribution is 0.0681. The molecule has 1 atom stereocenters. The molecular formula is C28H33NO8S. The number of carbonyl (C=O) groups is 2. The van der Waals surface area contributed by atoms with Crippen LogP contribution in [0.15, 0.2) is 72.8 Å². The van der Waals surface area contributed by atoms with Gasteiger partial charge in [-0.05, 0) is 69.7 Å². The van der Waals surface area contributed by atoms with E-state index >= 15 is 0 Å². The quantitative estimate of drug-likeness (QED) is 0.225. The zero-order chi connectivity index (χ0) is 28.5. The molecule has 0 aliphatic carbocycles. The monoisotopic (exact) mass is 543 g/mol. The fourth-order valence-electron chi connectivity index (χ4n) is 3.00. The SMILES string of the molecule is CS(=O)(=O)O.Cc1ccc(C(=O)Oc2ccc([C@@H](O)CNC(C)(C)C)cc2OC(=O)c2ccccc2)cc1. The third-order valence-corrected chi connectivity index (χ3v) is 4.88. The molecule has 0 amide bonds. The van der Waals surface area contributed by atoms with Crippen LogP contribution in [0.25, 0.3) is 0 Å². The molecule has 10 heteroatoms. The molecule has 0 fully saturated rings. The topological polar surface area (TPSA) is 139 Å². The first-order valence-corrected chi connectivity index (χ1v) is 13.5. The minimum atomic E-state index is -3.67. The van der Waals surface area contributed by atoms with Crippen molar-refractivity contribution in [3.63, 3.8) is 0 Å².